The second-order valence-electron chi connectivity index (χ2n) is 8.83. The van der Waals surface area contributed by atoms with Crippen molar-refractivity contribution < 1.29 is 37.0 Å². The van der Waals surface area contributed by atoms with Crippen LogP contribution < -0.4 is 10.1 Å². The number of nitrogens with zero attached hydrogens (tertiary/aromatic N) is 2. The molecule has 0 saturated carbocycles. The van der Waals surface area contributed by atoms with Gasteiger partial charge in [0, 0.05) is 21.7 Å². The van der Waals surface area contributed by atoms with Crippen molar-refractivity contribution in [3.8, 4) is 5.75 Å². The van der Waals surface area contributed by atoms with Gasteiger partial charge in [0.2, 0.25) is 0 Å². The Balaban J connectivity index is 1.34. The zero-order chi connectivity index (χ0) is 29.4. The van der Waals surface area contributed by atoms with Crippen molar-refractivity contribution in [1.29, 1.82) is 0 Å². The summed E-state index contributed by atoms with van der Waals surface area (Å²) in [6, 6.07) is 12.3. The quantitative estimate of drug-likeness (QED) is 0.180. The average Bonchev–Trinajstić information content (AvgIpc) is 3.47. The van der Waals surface area contributed by atoms with E-state index in [1.165, 1.54) is 11.7 Å². The Morgan fingerprint density at radius 3 is 2.49 bits per heavy atom. The van der Waals surface area contributed by atoms with Gasteiger partial charge in [-0.1, -0.05) is 22.9 Å². The lowest BCUT2D eigenvalue weighted by Crippen LogP contribution is -2.21. The summed E-state index contributed by atoms with van der Waals surface area (Å²) in [5.41, 5.74) is 1.48. The standard InChI is InChI=1S/C28H19ClF3N3O5S/c1-13-17(18-9-16(39-2)7-8-20(18)35(13)27(38)14-3-5-15(29)6-4-14)10-23(37)40-12-22(36)33-28-34-26-21(41-28)11-19(30)24(31)25(26)32/h3-9,11H,10,12H2,1-2H3,(H,33,34,36). The van der Waals surface area contributed by atoms with Crippen molar-refractivity contribution in [1.82, 2.24) is 9.55 Å². The van der Waals surface area contributed by atoms with E-state index in [0.717, 1.165) is 17.4 Å². The molecule has 210 valence electrons. The number of hydrogen-bond acceptors (Lipinski definition) is 7. The average molecular weight is 602 g/mol. The molecule has 2 aromatic heterocycles. The molecule has 0 spiro atoms. The van der Waals surface area contributed by atoms with Crippen molar-refractivity contribution in [2.24, 2.45) is 0 Å². The number of nitrogens with one attached hydrogen (secondary N) is 1. The Morgan fingerprint density at radius 1 is 1.05 bits per heavy atom. The SMILES string of the molecule is COc1ccc2c(c1)c(CC(=O)OCC(=O)Nc1nc3c(F)c(F)c(F)cc3s1)c(C)n2C(=O)c1ccc(Cl)cc1. The summed E-state index contributed by atoms with van der Waals surface area (Å²) in [6.07, 6.45) is -0.269. The summed E-state index contributed by atoms with van der Waals surface area (Å²) in [5, 5.41) is 3.25. The van der Waals surface area contributed by atoms with Crippen LogP contribution in [-0.2, 0) is 20.7 Å². The maximum atomic E-state index is 13.9. The maximum Gasteiger partial charge on any atom is 0.310 e. The van der Waals surface area contributed by atoms with Gasteiger partial charge in [0.1, 0.15) is 11.3 Å². The molecule has 0 unspecified atom stereocenters. The molecule has 0 atom stereocenters. The van der Waals surface area contributed by atoms with Crippen LogP contribution in [0.2, 0.25) is 5.02 Å². The van der Waals surface area contributed by atoms with Crippen LogP contribution in [0.4, 0.5) is 18.3 Å². The van der Waals surface area contributed by atoms with Crippen LogP contribution >= 0.6 is 22.9 Å². The van der Waals surface area contributed by atoms with E-state index in [2.05, 4.69) is 10.3 Å². The monoisotopic (exact) mass is 601 g/mol. The largest absolute Gasteiger partial charge is 0.497 e. The Kier molecular flexibility index (Phi) is 7.70. The molecule has 3 aromatic carbocycles. The fourth-order valence-electron chi connectivity index (χ4n) is 4.32. The van der Waals surface area contributed by atoms with E-state index in [1.54, 1.807) is 49.4 Å². The van der Waals surface area contributed by atoms with Gasteiger partial charge in [0.15, 0.2) is 29.2 Å². The molecule has 5 rings (SSSR count). The summed E-state index contributed by atoms with van der Waals surface area (Å²) >= 11 is 6.69. The van der Waals surface area contributed by atoms with Crippen LogP contribution in [0.3, 0.4) is 0 Å². The molecule has 0 aliphatic carbocycles. The Labute approximate surface area is 239 Å². The summed E-state index contributed by atoms with van der Waals surface area (Å²) in [6.45, 7) is 0.984. The third-order valence-electron chi connectivity index (χ3n) is 6.29. The Morgan fingerprint density at radius 2 is 1.78 bits per heavy atom. The smallest absolute Gasteiger partial charge is 0.310 e. The van der Waals surface area contributed by atoms with Crippen LogP contribution in [0.5, 0.6) is 5.75 Å². The van der Waals surface area contributed by atoms with Crippen molar-refractivity contribution in [3.05, 3.63) is 87.8 Å². The van der Waals surface area contributed by atoms with Crippen molar-refractivity contribution in [2.45, 2.75) is 13.3 Å². The predicted molar refractivity (Wildman–Crippen MR) is 147 cm³/mol. The molecule has 8 nitrogen and oxygen atoms in total. The molecule has 0 fully saturated rings. The second kappa shape index (κ2) is 11.2. The lowest BCUT2D eigenvalue weighted by Gasteiger charge is -2.08. The number of benzene rings is 3. The molecule has 13 heteroatoms. The van der Waals surface area contributed by atoms with E-state index in [4.69, 9.17) is 21.1 Å². The molecular formula is C28H19ClF3N3O5S. The number of carbonyl (C=O) groups excluding carboxylic acids is 3. The molecule has 41 heavy (non-hydrogen) atoms. The first kappa shape index (κ1) is 28.1. The fourth-order valence-corrected chi connectivity index (χ4v) is 5.35. The minimum Gasteiger partial charge on any atom is -0.497 e. The number of carbonyl (C=O) groups is 3. The van der Waals surface area contributed by atoms with E-state index in [1.807, 2.05) is 0 Å². The van der Waals surface area contributed by atoms with Crippen LogP contribution in [0.1, 0.15) is 21.6 Å². The molecule has 2 heterocycles. The molecule has 0 saturated heterocycles. The summed E-state index contributed by atoms with van der Waals surface area (Å²) < 4.78 is 52.8. The number of ether oxygens (including phenoxy) is 2. The second-order valence-corrected chi connectivity index (χ2v) is 10.3. The number of hydrogen-bond donors (Lipinski definition) is 1. The van der Waals surface area contributed by atoms with Gasteiger partial charge < -0.3 is 9.47 Å². The number of halogens is 4. The Hall–Kier alpha value is -4.42. The van der Waals surface area contributed by atoms with Crippen molar-refractivity contribution in [3.63, 3.8) is 0 Å². The number of methoxy groups -OCH3 is 1. The molecule has 0 aliphatic rings. The topological polar surface area (TPSA) is 99.5 Å². The summed E-state index contributed by atoms with van der Waals surface area (Å²) in [7, 11) is 1.49. The molecule has 5 aromatic rings. The highest BCUT2D eigenvalue weighted by Gasteiger charge is 2.23. The zero-order valence-electron chi connectivity index (χ0n) is 21.4. The predicted octanol–water partition coefficient (Wildman–Crippen LogP) is 6.05. The lowest BCUT2D eigenvalue weighted by molar-refractivity contribution is -0.146. The van der Waals surface area contributed by atoms with Gasteiger partial charge in [-0.2, -0.15) is 0 Å². The lowest BCUT2D eigenvalue weighted by atomic mass is 10.1. The van der Waals surface area contributed by atoms with E-state index in [9.17, 15) is 27.6 Å². The number of aromatic nitrogens is 2. The van der Waals surface area contributed by atoms with Gasteiger partial charge in [0.25, 0.3) is 11.8 Å². The molecular weight excluding hydrogens is 583 g/mol. The zero-order valence-corrected chi connectivity index (χ0v) is 23.0. The Bertz CT molecular complexity index is 1850. The van der Waals surface area contributed by atoms with Gasteiger partial charge in [0.05, 0.1) is 23.7 Å². The van der Waals surface area contributed by atoms with Crippen LogP contribution in [-0.4, -0.2) is 41.1 Å². The number of thiazole rings is 1. The van der Waals surface area contributed by atoms with Crippen LogP contribution in [0, 0.1) is 24.4 Å². The van der Waals surface area contributed by atoms with Crippen molar-refractivity contribution in [2.75, 3.05) is 19.0 Å². The molecule has 0 radical (unpaired) electrons. The first-order valence-electron chi connectivity index (χ1n) is 11.9. The number of amides is 1. The number of fused-ring (bicyclic) bond motifs is 2. The van der Waals surface area contributed by atoms with Gasteiger partial charge in [-0.05, 0) is 61.0 Å². The fraction of sp³-hybridized carbons (Fsp3) is 0.143. The first-order valence-corrected chi connectivity index (χ1v) is 13.1. The molecule has 0 bridgehead atoms. The van der Waals surface area contributed by atoms with E-state index in [0.29, 0.717) is 38.5 Å². The molecule has 1 amide bonds. The first-order chi connectivity index (χ1) is 19.6. The minimum absolute atomic E-state index is 0.0101. The van der Waals surface area contributed by atoms with Gasteiger partial charge in [-0.25, -0.2) is 18.2 Å². The third-order valence-corrected chi connectivity index (χ3v) is 7.46. The van der Waals surface area contributed by atoms with E-state index < -0.39 is 41.5 Å². The summed E-state index contributed by atoms with van der Waals surface area (Å²) in [4.78, 5) is 42.3. The van der Waals surface area contributed by atoms with Crippen LogP contribution in [0.15, 0.2) is 48.5 Å². The highest BCUT2D eigenvalue weighted by atomic mass is 35.5. The number of esters is 1. The number of rotatable bonds is 7. The molecule has 0 aliphatic heterocycles. The van der Waals surface area contributed by atoms with Gasteiger partial charge >= 0.3 is 5.97 Å². The highest BCUT2D eigenvalue weighted by Crippen LogP contribution is 2.32. The van der Waals surface area contributed by atoms with Crippen molar-refractivity contribution >= 4 is 67.0 Å². The van der Waals surface area contributed by atoms with Gasteiger partial charge in [-0.15, -0.1) is 0 Å². The highest BCUT2D eigenvalue weighted by molar-refractivity contribution is 7.22. The summed E-state index contributed by atoms with van der Waals surface area (Å²) in [5.74, 6) is -5.90. The van der Waals surface area contributed by atoms with E-state index in [-0.39, 0.29) is 22.2 Å². The minimum atomic E-state index is -1.67. The van der Waals surface area contributed by atoms with Gasteiger partial charge in [-0.3, -0.25) is 24.3 Å². The van der Waals surface area contributed by atoms with E-state index >= 15 is 0 Å². The third kappa shape index (κ3) is 5.48. The maximum absolute atomic E-state index is 13.9. The molecule has 1 N–H and O–H groups in total. The van der Waals surface area contributed by atoms with Crippen LogP contribution in [0.25, 0.3) is 21.1 Å². The number of anilines is 1. The normalized spacial score (nSPS) is 11.2.